The van der Waals surface area contributed by atoms with E-state index in [9.17, 15) is 18.0 Å². The van der Waals surface area contributed by atoms with Crippen LogP contribution in [-0.4, -0.2) is 80.0 Å². The predicted molar refractivity (Wildman–Crippen MR) is 108 cm³/mol. The summed E-state index contributed by atoms with van der Waals surface area (Å²) in [6, 6.07) is 6.85. The number of amides is 1. The van der Waals surface area contributed by atoms with Crippen LogP contribution in [0.5, 0.6) is 0 Å². The second kappa shape index (κ2) is 9.54. The van der Waals surface area contributed by atoms with Crippen LogP contribution in [0.3, 0.4) is 0 Å². The van der Waals surface area contributed by atoms with Gasteiger partial charge in [-0.25, -0.2) is 4.79 Å². The van der Waals surface area contributed by atoms with Crippen LogP contribution in [0.25, 0.3) is 0 Å². The average molecular weight is 443 g/mol. The van der Waals surface area contributed by atoms with Crippen LogP contribution in [0.1, 0.15) is 29.9 Å². The number of halogens is 3. The first kappa shape index (κ1) is 23.5. The molecule has 3 aliphatic heterocycles. The van der Waals surface area contributed by atoms with E-state index in [2.05, 4.69) is 47.3 Å². The molecule has 0 unspecified atom stereocenters. The molecule has 7 nitrogen and oxygen atoms in total. The minimum absolute atomic E-state index is 0.212. The molecule has 0 radical (unpaired) electrons. The molecule has 2 N–H and O–H groups in total. The van der Waals surface area contributed by atoms with Crippen molar-refractivity contribution in [3.8, 4) is 0 Å². The Labute approximate surface area is 179 Å². The van der Waals surface area contributed by atoms with Crippen LogP contribution in [-0.2, 0) is 14.3 Å². The van der Waals surface area contributed by atoms with Gasteiger partial charge in [-0.2, -0.15) is 13.2 Å². The zero-order valence-electron chi connectivity index (χ0n) is 17.6. The summed E-state index contributed by atoms with van der Waals surface area (Å²) < 4.78 is 37.5. The van der Waals surface area contributed by atoms with Crippen LogP contribution in [0.2, 0.25) is 0 Å². The van der Waals surface area contributed by atoms with E-state index < -0.39 is 12.1 Å². The van der Waals surface area contributed by atoms with Gasteiger partial charge in [0.2, 0.25) is 5.91 Å². The molecule has 1 aromatic rings. The number of carbonyl (C=O) groups excluding carboxylic acids is 1. The third-order valence-electron chi connectivity index (χ3n) is 5.88. The third kappa shape index (κ3) is 5.55. The topological polar surface area (TPSA) is 82.1 Å². The molecule has 3 heterocycles. The summed E-state index contributed by atoms with van der Waals surface area (Å²) in [6.45, 7) is 6.58. The number of benzene rings is 1. The Morgan fingerprint density at radius 3 is 2.55 bits per heavy atom. The highest BCUT2D eigenvalue weighted by Gasteiger charge is 2.43. The number of likely N-dealkylation sites (tertiary alicyclic amines) is 1. The molecule has 1 aromatic carbocycles. The van der Waals surface area contributed by atoms with E-state index in [-0.39, 0.29) is 5.91 Å². The molecule has 2 atom stereocenters. The Hall–Kier alpha value is -2.17. The maximum absolute atomic E-state index is 12.9. The van der Waals surface area contributed by atoms with E-state index in [1.807, 2.05) is 0 Å². The number of hydrogen-bond acceptors (Lipinski definition) is 5. The van der Waals surface area contributed by atoms with E-state index in [0.717, 1.165) is 38.3 Å². The van der Waals surface area contributed by atoms with Gasteiger partial charge in [0.05, 0.1) is 19.1 Å². The Morgan fingerprint density at radius 1 is 1.29 bits per heavy atom. The van der Waals surface area contributed by atoms with Crippen LogP contribution in [0, 0.1) is 6.92 Å². The monoisotopic (exact) mass is 443 g/mol. The second-order valence-electron chi connectivity index (χ2n) is 8.25. The first-order chi connectivity index (χ1) is 14.6. The second-order valence-corrected chi connectivity index (χ2v) is 8.25. The number of aliphatic carboxylic acids is 1. The zero-order chi connectivity index (χ0) is 22.8. The molecular weight excluding hydrogens is 415 g/mol. The van der Waals surface area contributed by atoms with Crippen molar-refractivity contribution in [2.75, 3.05) is 44.7 Å². The van der Waals surface area contributed by atoms with E-state index in [0.29, 0.717) is 31.1 Å². The Morgan fingerprint density at radius 2 is 1.97 bits per heavy atom. The molecule has 31 heavy (non-hydrogen) atoms. The number of hydrogen-bond donors (Lipinski definition) is 2. The van der Waals surface area contributed by atoms with Crippen LogP contribution in [0.15, 0.2) is 18.2 Å². The predicted octanol–water partition coefficient (Wildman–Crippen LogP) is 2.14. The van der Waals surface area contributed by atoms with Gasteiger partial charge in [-0.1, -0.05) is 17.7 Å². The van der Waals surface area contributed by atoms with Gasteiger partial charge in [-0.3, -0.25) is 4.79 Å². The zero-order valence-corrected chi connectivity index (χ0v) is 17.6. The summed E-state index contributed by atoms with van der Waals surface area (Å²) >= 11 is 0. The van der Waals surface area contributed by atoms with Gasteiger partial charge in [-0.05, 0) is 38.6 Å². The molecule has 0 aliphatic carbocycles. The van der Waals surface area contributed by atoms with E-state index in [1.165, 1.54) is 11.1 Å². The van der Waals surface area contributed by atoms with Gasteiger partial charge < -0.3 is 25.0 Å². The molecule has 0 spiro atoms. The maximum Gasteiger partial charge on any atom is 0.490 e. The number of nitrogens with zero attached hydrogens (tertiary/aromatic N) is 2. The Balaban J connectivity index is 0.000000339. The maximum atomic E-state index is 12.9. The summed E-state index contributed by atoms with van der Waals surface area (Å²) in [5.41, 5.74) is 3.75. The van der Waals surface area contributed by atoms with Crippen molar-refractivity contribution in [3.63, 3.8) is 0 Å². The smallest absolute Gasteiger partial charge is 0.475 e. The first-order valence-corrected chi connectivity index (χ1v) is 10.3. The summed E-state index contributed by atoms with van der Waals surface area (Å²) in [6.07, 6.45) is -3.26. The fraction of sp³-hybridized carbons (Fsp3) is 0.619. The van der Waals surface area contributed by atoms with Crippen molar-refractivity contribution < 1.29 is 32.6 Å². The number of alkyl halides is 3. The molecule has 0 bridgehead atoms. The molecule has 3 aliphatic rings. The fourth-order valence-corrected chi connectivity index (χ4v) is 4.22. The molecule has 4 rings (SSSR count). The number of fused-ring (bicyclic) bond motifs is 3. The van der Waals surface area contributed by atoms with Gasteiger partial charge >= 0.3 is 12.1 Å². The molecule has 10 heteroatoms. The Bertz CT molecular complexity index is 814. The quantitative estimate of drug-likeness (QED) is 0.742. The highest BCUT2D eigenvalue weighted by Crippen LogP contribution is 2.45. The van der Waals surface area contributed by atoms with Crippen molar-refractivity contribution in [2.45, 2.75) is 44.0 Å². The third-order valence-corrected chi connectivity index (χ3v) is 5.88. The van der Waals surface area contributed by atoms with Crippen LogP contribution < -0.4 is 10.2 Å². The number of carbonyl (C=O) groups is 2. The van der Waals surface area contributed by atoms with Crippen LogP contribution in [0.4, 0.5) is 18.9 Å². The molecule has 0 saturated carbocycles. The normalized spacial score (nSPS) is 23.3. The standard InChI is InChI=1S/C19H27N3O2.C2HF3O2/c1-13-3-4-17-15(9-13)16-12-21(2)7-5-18(16)22(17)19(23)6-8-24-14-10-20-11-14;3-2(4,5)1(6)7/h3-4,9,14,16,18,20H,5-8,10-12H2,1-2H3;(H,6,7)/t16-,18-;/m1./s1. The van der Waals surface area contributed by atoms with Crippen molar-refractivity contribution >= 4 is 17.6 Å². The lowest BCUT2D eigenvalue weighted by molar-refractivity contribution is -0.192. The highest BCUT2D eigenvalue weighted by molar-refractivity contribution is 5.97. The number of likely N-dealkylation sites (N-methyl/N-ethyl adjacent to an activating group) is 1. The average Bonchev–Trinajstić information content (AvgIpc) is 2.96. The van der Waals surface area contributed by atoms with E-state index in [4.69, 9.17) is 14.6 Å². The van der Waals surface area contributed by atoms with Gasteiger partial charge in [0.25, 0.3) is 0 Å². The van der Waals surface area contributed by atoms with E-state index in [1.54, 1.807) is 0 Å². The first-order valence-electron chi connectivity index (χ1n) is 10.3. The summed E-state index contributed by atoms with van der Waals surface area (Å²) in [5.74, 6) is -2.10. The van der Waals surface area contributed by atoms with Crippen molar-refractivity contribution in [3.05, 3.63) is 29.3 Å². The lowest BCUT2D eigenvalue weighted by Gasteiger charge is -2.36. The SMILES string of the molecule is Cc1ccc2c(c1)[C@H]1CN(C)CC[C@H]1N2C(=O)CCOC1CNC1.O=C(O)C(F)(F)F. The van der Waals surface area contributed by atoms with Crippen molar-refractivity contribution in [1.29, 1.82) is 0 Å². The van der Waals surface area contributed by atoms with Crippen molar-refractivity contribution in [2.24, 2.45) is 0 Å². The van der Waals surface area contributed by atoms with Crippen LogP contribution >= 0.6 is 0 Å². The molecule has 2 saturated heterocycles. The van der Waals surface area contributed by atoms with E-state index >= 15 is 0 Å². The molecule has 1 amide bonds. The lowest BCUT2D eigenvalue weighted by atomic mass is 9.89. The molecule has 172 valence electrons. The molecule has 0 aromatic heterocycles. The van der Waals surface area contributed by atoms with Gasteiger partial charge in [0.1, 0.15) is 0 Å². The highest BCUT2D eigenvalue weighted by atomic mass is 19.4. The fourth-order valence-electron chi connectivity index (χ4n) is 4.22. The van der Waals surface area contributed by atoms with Gasteiger partial charge in [0.15, 0.2) is 0 Å². The number of piperidine rings is 1. The number of ether oxygens (including phenoxy) is 1. The number of nitrogens with one attached hydrogen (secondary N) is 1. The molecular formula is C21H28F3N3O4. The van der Waals surface area contributed by atoms with Gasteiger partial charge in [0, 0.05) is 37.3 Å². The Kier molecular flexibility index (Phi) is 7.23. The number of anilines is 1. The lowest BCUT2D eigenvalue weighted by Crippen LogP contribution is -2.49. The minimum atomic E-state index is -5.08. The number of rotatable bonds is 4. The summed E-state index contributed by atoms with van der Waals surface area (Å²) in [5, 5.41) is 10.3. The summed E-state index contributed by atoms with van der Waals surface area (Å²) in [4.78, 5) is 26.3. The minimum Gasteiger partial charge on any atom is -0.475 e. The number of aryl methyl sites for hydroxylation is 1. The molecule has 2 fully saturated rings. The van der Waals surface area contributed by atoms with Gasteiger partial charge in [-0.15, -0.1) is 0 Å². The largest absolute Gasteiger partial charge is 0.490 e. The van der Waals surface area contributed by atoms with Crippen molar-refractivity contribution in [1.82, 2.24) is 10.2 Å². The number of carboxylic acids is 1. The number of carboxylic acid groups (broad SMARTS) is 1. The summed E-state index contributed by atoms with van der Waals surface area (Å²) in [7, 11) is 2.18.